The lowest BCUT2D eigenvalue weighted by Crippen LogP contribution is -2.46. The maximum Gasteiger partial charge on any atom is 0.165 e. The van der Waals surface area contributed by atoms with Crippen LogP contribution in [0.3, 0.4) is 0 Å². The Morgan fingerprint density at radius 3 is 2.54 bits per heavy atom. The van der Waals surface area contributed by atoms with Gasteiger partial charge in [-0.15, -0.1) is 12.4 Å². The van der Waals surface area contributed by atoms with E-state index >= 15 is 0 Å². The third-order valence-electron chi connectivity index (χ3n) is 5.14. The molecule has 1 N–H and O–H groups in total. The molecular weight excluding hydrogens is 369 g/mol. The monoisotopic (exact) mass is 395 g/mol. The second-order valence-corrected chi connectivity index (χ2v) is 7.31. The normalized spacial score (nSPS) is 22.8. The molecule has 2 aromatic carbocycles. The first kappa shape index (κ1) is 21.0. The van der Waals surface area contributed by atoms with E-state index in [0.717, 1.165) is 30.6 Å². The summed E-state index contributed by atoms with van der Waals surface area (Å²) in [5.41, 5.74) is 1.99. The number of nitrogens with zero attached hydrogens (tertiary/aromatic N) is 1. The van der Waals surface area contributed by atoms with Crippen molar-refractivity contribution in [1.29, 1.82) is 0 Å². The molecule has 1 heterocycles. The van der Waals surface area contributed by atoms with Crippen molar-refractivity contribution in [2.24, 2.45) is 0 Å². The summed E-state index contributed by atoms with van der Waals surface area (Å²) in [6.45, 7) is 2.73. The molecule has 1 aliphatic heterocycles. The summed E-state index contributed by atoms with van der Waals surface area (Å²) in [5.74, 6) is 0.825. The van der Waals surface area contributed by atoms with Gasteiger partial charge in [-0.2, -0.15) is 0 Å². The van der Waals surface area contributed by atoms with Crippen molar-refractivity contribution in [3.05, 3.63) is 64.7 Å². The fourth-order valence-electron chi connectivity index (χ4n) is 3.64. The first-order valence-corrected chi connectivity index (χ1v) is 9.31. The Hall–Kier alpha value is -1.26. The van der Waals surface area contributed by atoms with Gasteiger partial charge in [-0.3, -0.25) is 4.90 Å². The van der Waals surface area contributed by atoms with Gasteiger partial charge in [0.05, 0.1) is 6.10 Å². The van der Waals surface area contributed by atoms with Crippen molar-refractivity contribution >= 4 is 24.0 Å². The molecule has 0 bridgehead atoms. The number of likely N-dealkylation sites (N-methyl/N-ethyl adjacent to an activating group) is 1. The summed E-state index contributed by atoms with van der Waals surface area (Å²) in [6.07, 6.45) is 2.92. The molecule has 0 aromatic heterocycles. The minimum absolute atomic E-state index is 0. The molecule has 0 aliphatic carbocycles. The van der Waals surface area contributed by atoms with E-state index in [1.165, 1.54) is 5.56 Å². The largest absolute Gasteiger partial charge is 0.472 e. The third kappa shape index (κ3) is 4.72. The van der Waals surface area contributed by atoms with Crippen molar-refractivity contribution in [3.8, 4) is 5.75 Å². The number of hydrogen-bond donors (Lipinski definition) is 1. The van der Waals surface area contributed by atoms with Crippen LogP contribution in [-0.2, 0) is 12.8 Å². The topological polar surface area (TPSA) is 32.7 Å². The van der Waals surface area contributed by atoms with Crippen molar-refractivity contribution in [2.45, 2.75) is 44.4 Å². The number of halogens is 2. The minimum atomic E-state index is -0.467. The average Bonchev–Trinajstić information content (AvgIpc) is 2.89. The predicted molar refractivity (Wildman–Crippen MR) is 109 cm³/mol. The molecule has 2 atom stereocenters. The number of aliphatic hydroxyl groups is 1. The molecule has 3 nitrogen and oxygen atoms in total. The van der Waals surface area contributed by atoms with E-state index in [1.54, 1.807) is 0 Å². The van der Waals surface area contributed by atoms with Crippen LogP contribution in [0.2, 0.25) is 5.02 Å². The highest BCUT2D eigenvalue weighted by Gasteiger charge is 2.44. The number of hydrogen-bond acceptors (Lipinski definition) is 3. The molecule has 1 aliphatic rings. The second-order valence-electron chi connectivity index (χ2n) is 6.88. The van der Waals surface area contributed by atoms with Gasteiger partial charge in [-0.1, -0.05) is 54.9 Å². The lowest BCUT2D eigenvalue weighted by Gasteiger charge is -2.36. The average molecular weight is 396 g/mol. The Morgan fingerprint density at radius 2 is 1.92 bits per heavy atom. The van der Waals surface area contributed by atoms with E-state index in [-0.39, 0.29) is 18.5 Å². The first-order valence-electron chi connectivity index (χ1n) is 8.93. The van der Waals surface area contributed by atoms with Crippen molar-refractivity contribution in [2.75, 3.05) is 13.6 Å². The molecular formula is C21H27Cl2NO2. The maximum absolute atomic E-state index is 10.1. The zero-order valence-electron chi connectivity index (χ0n) is 15.3. The summed E-state index contributed by atoms with van der Waals surface area (Å²) < 4.78 is 6.48. The summed E-state index contributed by atoms with van der Waals surface area (Å²) >= 11 is 6.23. The van der Waals surface area contributed by atoms with Crippen LogP contribution in [0.1, 0.15) is 30.9 Å². The van der Waals surface area contributed by atoms with Gasteiger partial charge in [0, 0.05) is 18.0 Å². The summed E-state index contributed by atoms with van der Waals surface area (Å²) in [5, 5.41) is 10.7. The van der Waals surface area contributed by atoms with Gasteiger partial charge in [0.2, 0.25) is 0 Å². The molecule has 5 heteroatoms. The molecule has 26 heavy (non-hydrogen) atoms. The van der Waals surface area contributed by atoms with Gasteiger partial charge in [-0.05, 0) is 49.6 Å². The second kappa shape index (κ2) is 9.09. The Labute approximate surface area is 167 Å². The SMILES string of the molecule is CCC1(Oc2cc(Cl)ccc2CCc2ccccc2)CC(O)CN1C.Cl. The number of aliphatic hydroxyl groups excluding tert-OH is 1. The summed E-state index contributed by atoms with van der Waals surface area (Å²) in [6, 6.07) is 16.3. The van der Waals surface area contributed by atoms with E-state index in [0.29, 0.717) is 18.0 Å². The molecule has 0 saturated carbocycles. The van der Waals surface area contributed by atoms with Crippen molar-refractivity contribution in [1.82, 2.24) is 4.90 Å². The Kier molecular flexibility index (Phi) is 7.36. The van der Waals surface area contributed by atoms with E-state index in [9.17, 15) is 5.11 Å². The Morgan fingerprint density at radius 1 is 1.19 bits per heavy atom. The zero-order chi connectivity index (χ0) is 17.9. The Bertz CT molecular complexity index is 710. The van der Waals surface area contributed by atoms with Gasteiger partial charge in [0.25, 0.3) is 0 Å². The lowest BCUT2D eigenvalue weighted by atomic mass is 10.0. The number of ether oxygens (including phenoxy) is 1. The smallest absolute Gasteiger partial charge is 0.165 e. The van der Waals surface area contributed by atoms with Gasteiger partial charge in [0.15, 0.2) is 5.72 Å². The molecule has 0 radical (unpaired) electrons. The van der Waals surface area contributed by atoms with Gasteiger partial charge in [-0.25, -0.2) is 0 Å². The Balaban J connectivity index is 0.00000243. The van der Waals surface area contributed by atoms with Crippen LogP contribution in [0.15, 0.2) is 48.5 Å². The van der Waals surface area contributed by atoms with Crippen LogP contribution in [-0.4, -0.2) is 35.4 Å². The molecule has 1 saturated heterocycles. The fourth-order valence-corrected chi connectivity index (χ4v) is 3.80. The number of rotatable bonds is 6. The molecule has 0 spiro atoms. The quantitative estimate of drug-likeness (QED) is 0.767. The van der Waals surface area contributed by atoms with E-state index in [4.69, 9.17) is 16.3 Å². The van der Waals surface area contributed by atoms with Gasteiger partial charge >= 0.3 is 0 Å². The van der Waals surface area contributed by atoms with Crippen LogP contribution in [0.4, 0.5) is 0 Å². The zero-order valence-corrected chi connectivity index (χ0v) is 16.9. The van der Waals surface area contributed by atoms with Crippen molar-refractivity contribution in [3.63, 3.8) is 0 Å². The molecule has 2 aromatic rings. The van der Waals surface area contributed by atoms with E-state index in [1.807, 2.05) is 25.2 Å². The van der Waals surface area contributed by atoms with Crippen LogP contribution in [0.25, 0.3) is 0 Å². The van der Waals surface area contributed by atoms with Gasteiger partial charge in [0.1, 0.15) is 5.75 Å². The van der Waals surface area contributed by atoms with Crippen LogP contribution < -0.4 is 4.74 Å². The molecule has 2 unspecified atom stereocenters. The van der Waals surface area contributed by atoms with Crippen LogP contribution in [0.5, 0.6) is 5.75 Å². The summed E-state index contributed by atoms with van der Waals surface area (Å²) in [7, 11) is 2.01. The highest BCUT2D eigenvalue weighted by atomic mass is 35.5. The number of likely N-dealkylation sites (tertiary alicyclic amines) is 1. The minimum Gasteiger partial charge on any atom is -0.472 e. The third-order valence-corrected chi connectivity index (χ3v) is 5.38. The standard InChI is InChI=1S/C21H26ClNO2.ClH/c1-3-21(14-19(24)15-23(21)2)25-20-13-18(22)12-11-17(20)10-9-16-7-5-4-6-8-16;/h4-8,11-13,19,24H,3,9-10,14-15H2,1-2H3;1H. The molecule has 142 valence electrons. The van der Waals surface area contributed by atoms with E-state index in [2.05, 4.69) is 42.2 Å². The van der Waals surface area contributed by atoms with Gasteiger partial charge < -0.3 is 9.84 Å². The molecule has 1 fully saturated rings. The van der Waals surface area contributed by atoms with E-state index < -0.39 is 5.72 Å². The highest BCUT2D eigenvalue weighted by molar-refractivity contribution is 6.30. The van der Waals surface area contributed by atoms with Crippen LogP contribution >= 0.6 is 24.0 Å². The molecule has 3 rings (SSSR count). The first-order chi connectivity index (χ1) is 12.0. The van der Waals surface area contributed by atoms with Crippen LogP contribution in [0, 0.1) is 0 Å². The predicted octanol–water partition coefficient (Wildman–Crippen LogP) is 4.73. The number of β-amino-alcohol motifs (C(OH)–C–C–N with tert-alkyl or cyclic N) is 1. The maximum atomic E-state index is 10.1. The number of benzene rings is 2. The van der Waals surface area contributed by atoms with Crippen molar-refractivity contribution < 1.29 is 9.84 Å². The summed E-state index contributed by atoms with van der Waals surface area (Å²) in [4.78, 5) is 2.11. The fraction of sp³-hybridized carbons (Fsp3) is 0.429. The number of aryl methyl sites for hydroxylation is 2. The molecule has 0 amide bonds. The lowest BCUT2D eigenvalue weighted by molar-refractivity contribution is -0.0471. The highest BCUT2D eigenvalue weighted by Crippen LogP contribution is 2.36.